The molecule has 0 rings (SSSR count). The molecule has 0 spiro atoms. The molecular weight excluding hydrogens is 291 g/mol. The van der Waals surface area contributed by atoms with Crippen molar-refractivity contribution in [2.45, 2.75) is 13.3 Å². The third kappa shape index (κ3) is 10.8. The molecule has 0 heterocycles. The molecule has 0 aliphatic heterocycles. The Labute approximate surface area is 122 Å². The lowest BCUT2D eigenvalue weighted by Crippen LogP contribution is -1.70. The molecule has 0 fully saturated rings. The Balaban J connectivity index is 3.91. The van der Waals surface area contributed by atoms with E-state index < -0.39 is 0 Å². The number of allylic oxidation sites excluding steroid dienone is 6. The summed E-state index contributed by atoms with van der Waals surface area (Å²) in [5, 5.41) is 0.794. The van der Waals surface area contributed by atoms with Gasteiger partial charge in [-0.05, 0) is 24.6 Å². The lowest BCUT2D eigenvalue weighted by molar-refractivity contribution is 1.22. The maximum absolute atomic E-state index is 5.93. The molecule has 0 bridgehead atoms. The first kappa shape index (κ1) is 17.0. The fraction of sp³-hybridized carbons (Fsp3) is 0.231. The summed E-state index contributed by atoms with van der Waals surface area (Å²) in [6, 6.07) is 0. The summed E-state index contributed by atoms with van der Waals surface area (Å²) in [6.45, 7) is 5.80. The highest BCUT2D eigenvalue weighted by atomic mass is 35.5. The maximum atomic E-state index is 5.93. The van der Waals surface area contributed by atoms with Gasteiger partial charge in [0.2, 0.25) is 0 Å². The second-order valence-corrected chi connectivity index (χ2v) is 5.96. The minimum absolute atomic E-state index is 0.794. The lowest BCUT2D eigenvalue weighted by Gasteiger charge is -1.97. The molecule has 0 aliphatic rings. The van der Waals surface area contributed by atoms with Gasteiger partial charge in [0, 0.05) is 21.2 Å². The largest absolute Gasteiger partial charge is 0.0979 e. The van der Waals surface area contributed by atoms with E-state index in [9.17, 15) is 0 Å². The van der Waals surface area contributed by atoms with Crippen LogP contribution in [0.5, 0.6) is 0 Å². The van der Waals surface area contributed by atoms with Crippen LogP contribution >= 0.6 is 44.8 Å². The Morgan fingerprint density at radius 1 is 1.41 bits per heavy atom. The van der Waals surface area contributed by atoms with Crippen molar-refractivity contribution in [1.29, 1.82) is 0 Å². The zero-order valence-corrected chi connectivity index (χ0v) is 12.9. The van der Waals surface area contributed by atoms with Crippen molar-refractivity contribution in [1.82, 2.24) is 0 Å². The first-order valence-electron chi connectivity index (χ1n) is 5.15. The minimum Gasteiger partial charge on any atom is -0.0979 e. The Bertz CT molecular complexity index is 328. The summed E-state index contributed by atoms with van der Waals surface area (Å²) in [5.74, 6) is 0.897. The number of rotatable bonds is 8. The van der Waals surface area contributed by atoms with E-state index in [1.807, 2.05) is 30.4 Å². The molecule has 0 N–H and O–H groups in total. The molecule has 4 heteroatoms. The van der Waals surface area contributed by atoms with E-state index in [4.69, 9.17) is 23.2 Å². The van der Waals surface area contributed by atoms with Crippen LogP contribution in [0.1, 0.15) is 13.3 Å². The van der Waals surface area contributed by atoms with E-state index in [0.717, 1.165) is 22.1 Å². The molecule has 17 heavy (non-hydrogen) atoms. The van der Waals surface area contributed by atoms with Gasteiger partial charge in [0.1, 0.15) is 0 Å². The molecule has 0 saturated carbocycles. The first-order valence-corrected chi connectivity index (χ1v) is 8.29. The summed E-state index contributed by atoms with van der Waals surface area (Å²) in [5.41, 5.74) is 1.48. The van der Waals surface area contributed by atoms with Gasteiger partial charge < -0.3 is 0 Å². The molecule has 0 aliphatic carbocycles. The molecule has 0 saturated heterocycles. The van der Waals surface area contributed by atoms with E-state index in [1.54, 1.807) is 27.7 Å². The van der Waals surface area contributed by atoms with Crippen molar-refractivity contribution in [2.24, 2.45) is 0 Å². The molecule has 94 valence electrons. The lowest BCUT2D eigenvalue weighted by atomic mass is 10.4. The predicted octanol–water partition coefficient (Wildman–Crippen LogP) is 6.28. The van der Waals surface area contributed by atoms with Gasteiger partial charge in [0.25, 0.3) is 0 Å². The van der Waals surface area contributed by atoms with Crippen LogP contribution in [0.4, 0.5) is 0 Å². The van der Waals surface area contributed by atoms with E-state index in [0.29, 0.717) is 0 Å². The van der Waals surface area contributed by atoms with E-state index in [1.165, 1.54) is 5.54 Å². The van der Waals surface area contributed by atoms with Crippen LogP contribution in [0.3, 0.4) is 0 Å². The van der Waals surface area contributed by atoms with Crippen molar-refractivity contribution >= 4 is 44.8 Å². The molecule has 0 unspecified atom stereocenters. The number of hydrogen-bond acceptors (Lipinski definition) is 2. The highest BCUT2D eigenvalue weighted by molar-refractivity contribution is 8.78. The molecule has 0 aromatic rings. The van der Waals surface area contributed by atoms with Crippen LogP contribution in [-0.2, 0) is 0 Å². The third-order valence-corrected chi connectivity index (χ3v) is 4.24. The highest BCUT2D eigenvalue weighted by Gasteiger charge is 1.91. The van der Waals surface area contributed by atoms with Crippen molar-refractivity contribution in [3.8, 4) is 0 Å². The first-order chi connectivity index (χ1) is 8.24. The normalized spacial score (nSPS) is 13.8. The van der Waals surface area contributed by atoms with Crippen LogP contribution in [0, 0.1) is 0 Å². The highest BCUT2D eigenvalue weighted by Crippen LogP contribution is 2.30. The van der Waals surface area contributed by atoms with Gasteiger partial charge in [-0.1, -0.05) is 76.5 Å². The zero-order valence-electron chi connectivity index (χ0n) is 9.74. The zero-order chi connectivity index (χ0) is 12.9. The Kier molecular flexibility index (Phi) is 12.4. The fourth-order valence-electron chi connectivity index (χ4n) is 0.826. The minimum atomic E-state index is 0.794. The average Bonchev–Trinajstić information content (AvgIpc) is 2.33. The Morgan fingerprint density at radius 3 is 2.76 bits per heavy atom. The number of hydrogen-bond donors (Lipinski definition) is 0. The summed E-state index contributed by atoms with van der Waals surface area (Å²) in [4.78, 5) is 1.08. The van der Waals surface area contributed by atoms with Crippen molar-refractivity contribution in [3.05, 3.63) is 58.5 Å². The van der Waals surface area contributed by atoms with Crippen LogP contribution < -0.4 is 0 Å². The SMILES string of the molecule is C=C/C(=C\C=C\Cl)SSC/C=C\C(Cl)=C/CC. The summed E-state index contributed by atoms with van der Waals surface area (Å²) >= 11 is 11.4. The second kappa shape index (κ2) is 12.4. The second-order valence-electron chi connectivity index (χ2n) is 2.86. The standard InChI is InChI=1S/C13H16Cl2S2/c1-3-7-12(15)8-6-11-16-17-13(4-2)9-5-10-14/h4-10H,2-3,11H2,1H3/b8-6-,10-5+,12-7+,13-9+. The average molecular weight is 307 g/mol. The summed E-state index contributed by atoms with van der Waals surface area (Å²) in [6.07, 6.45) is 12.4. The van der Waals surface area contributed by atoms with Crippen molar-refractivity contribution in [2.75, 3.05) is 5.75 Å². The maximum Gasteiger partial charge on any atom is 0.0363 e. The van der Waals surface area contributed by atoms with Crippen molar-refractivity contribution in [3.63, 3.8) is 0 Å². The summed E-state index contributed by atoms with van der Waals surface area (Å²) < 4.78 is 0. The third-order valence-electron chi connectivity index (χ3n) is 1.53. The molecule has 0 nitrogen and oxygen atoms in total. The summed E-state index contributed by atoms with van der Waals surface area (Å²) in [7, 11) is 3.39. The van der Waals surface area contributed by atoms with Gasteiger partial charge in [-0.3, -0.25) is 0 Å². The van der Waals surface area contributed by atoms with Crippen molar-refractivity contribution < 1.29 is 0 Å². The van der Waals surface area contributed by atoms with Gasteiger partial charge in [-0.15, -0.1) is 0 Å². The van der Waals surface area contributed by atoms with Crippen LogP contribution in [0.15, 0.2) is 58.5 Å². The Morgan fingerprint density at radius 2 is 2.18 bits per heavy atom. The van der Waals surface area contributed by atoms with E-state index in [2.05, 4.69) is 13.5 Å². The van der Waals surface area contributed by atoms with Gasteiger partial charge >= 0.3 is 0 Å². The van der Waals surface area contributed by atoms with Gasteiger partial charge in [0.15, 0.2) is 0 Å². The van der Waals surface area contributed by atoms with E-state index in [-0.39, 0.29) is 0 Å². The van der Waals surface area contributed by atoms with Gasteiger partial charge in [-0.25, -0.2) is 0 Å². The van der Waals surface area contributed by atoms with Crippen LogP contribution in [0.2, 0.25) is 0 Å². The molecule has 0 amide bonds. The monoisotopic (exact) mass is 306 g/mol. The molecule has 0 radical (unpaired) electrons. The Hall–Kier alpha value is -0.0200. The molecular formula is C13H16Cl2S2. The van der Waals surface area contributed by atoms with Crippen LogP contribution in [-0.4, -0.2) is 5.75 Å². The van der Waals surface area contributed by atoms with Crippen LogP contribution in [0.25, 0.3) is 0 Å². The van der Waals surface area contributed by atoms with E-state index >= 15 is 0 Å². The predicted molar refractivity (Wildman–Crippen MR) is 86.7 cm³/mol. The molecule has 0 aromatic carbocycles. The van der Waals surface area contributed by atoms with Gasteiger partial charge in [0.05, 0.1) is 0 Å². The van der Waals surface area contributed by atoms with Gasteiger partial charge in [-0.2, -0.15) is 0 Å². The molecule has 0 atom stereocenters. The smallest absolute Gasteiger partial charge is 0.0363 e. The number of halogens is 2. The fourth-order valence-corrected chi connectivity index (χ4v) is 2.94. The topological polar surface area (TPSA) is 0 Å². The molecule has 0 aromatic heterocycles. The quantitative estimate of drug-likeness (QED) is 0.294.